The van der Waals surface area contributed by atoms with E-state index in [4.69, 9.17) is 21.1 Å². The molecule has 2 aromatic rings. The molecule has 138 valence electrons. The molecule has 0 unspecified atom stereocenters. The Hall–Kier alpha value is -2.02. The fourth-order valence-corrected chi connectivity index (χ4v) is 3.69. The summed E-state index contributed by atoms with van der Waals surface area (Å²) in [5.41, 5.74) is 2.53. The summed E-state index contributed by atoms with van der Waals surface area (Å²) in [5, 5.41) is 2.67. The van der Waals surface area contributed by atoms with E-state index in [2.05, 4.69) is 11.0 Å². The van der Waals surface area contributed by atoms with Gasteiger partial charge in [-0.25, -0.2) is 4.68 Å². The Balaban J connectivity index is 1.84. The predicted molar refractivity (Wildman–Crippen MR) is 103 cm³/mol. The Morgan fingerprint density at radius 1 is 0.885 bits per heavy atom. The smallest absolute Gasteiger partial charge is 0.271 e. The minimum atomic E-state index is -0.0502. The molecule has 2 fully saturated rings. The third-order valence-corrected chi connectivity index (χ3v) is 5.12. The van der Waals surface area contributed by atoms with Crippen molar-refractivity contribution in [3.63, 3.8) is 0 Å². The molecule has 1 aromatic carbocycles. The number of rotatable bonds is 3. The van der Waals surface area contributed by atoms with E-state index in [1.807, 2.05) is 29.3 Å². The van der Waals surface area contributed by atoms with Gasteiger partial charge < -0.3 is 19.4 Å². The van der Waals surface area contributed by atoms with Gasteiger partial charge in [0.1, 0.15) is 0 Å². The number of morpholine rings is 2. The first-order valence-corrected chi connectivity index (χ1v) is 9.29. The lowest BCUT2D eigenvalue weighted by Gasteiger charge is -2.34. The lowest BCUT2D eigenvalue weighted by molar-refractivity contribution is 0.111. The standard InChI is InChI=1S/C19H22ClN3O3/c20-17-4-2-1-3-16(17)18-13-15(21-5-9-25-10-6-21)14-19(24)23(18)22-7-11-26-12-8-22/h1-4,13-14H,5-12H2. The Morgan fingerprint density at radius 3 is 2.23 bits per heavy atom. The SMILES string of the molecule is O=c1cc(N2CCOCC2)cc(-c2ccccc2Cl)n1N1CCOCC1. The van der Waals surface area contributed by atoms with E-state index < -0.39 is 0 Å². The van der Waals surface area contributed by atoms with Crippen LogP contribution in [0.1, 0.15) is 0 Å². The average molecular weight is 376 g/mol. The van der Waals surface area contributed by atoms with Gasteiger partial charge in [0.25, 0.3) is 5.56 Å². The molecule has 0 N–H and O–H groups in total. The maximum absolute atomic E-state index is 13.1. The molecular weight excluding hydrogens is 354 g/mol. The summed E-state index contributed by atoms with van der Waals surface area (Å²) in [6, 6.07) is 11.4. The Kier molecular flexibility index (Phi) is 5.15. The molecule has 4 rings (SSSR count). The lowest BCUT2D eigenvalue weighted by Crippen LogP contribution is -2.49. The van der Waals surface area contributed by atoms with Gasteiger partial charge in [0.05, 0.1) is 45.2 Å². The summed E-state index contributed by atoms with van der Waals surface area (Å²) in [5.74, 6) is 0. The normalized spacial score (nSPS) is 18.2. The molecule has 6 nitrogen and oxygen atoms in total. The van der Waals surface area contributed by atoms with Gasteiger partial charge in [0, 0.05) is 35.4 Å². The van der Waals surface area contributed by atoms with Crippen LogP contribution in [0, 0.1) is 0 Å². The highest BCUT2D eigenvalue weighted by Gasteiger charge is 2.21. The number of aromatic nitrogens is 1. The van der Waals surface area contributed by atoms with Crippen LogP contribution in [0.4, 0.5) is 5.69 Å². The summed E-state index contributed by atoms with van der Waals surface area (Å²) in [4.78, 5) is 15.3. The third-order valence-electron chi connectivity index (χ3n) is 4.79. The molecule has 0 atom stereocenters. The molecule has 0 saturated carbocycles. The number of benzene rings is 1. The number of nitrogens with zero attached hydrogens (tertiary/aromatic N) is 3. The highest BCUT2D eigenvalue weighted by molar-refractivity contribution is 6.33. The molecule has 2 aliphatic rings. The van der Waals surface area contributed by atoms with Crippen molar-refractivity contribution in [1.82, 2.24) is 4.68 Å². The van der Waals surface area contributed by atoms with Gasteiger partial charge in [-0.3, -0.25) is 4.79 Å². The van der Waals surface area contributed by atoms with Crippen LogP contribution in [-0.4, -0.2) is 57.3 Å². The summed E-state index contributed by atoms with van der Waals surface area (Å²) in [6.07, 6.45) is 0. The first-order chi connectivity index (χ1) is 12.7. The van der Waals surface area contributed by atoms with Gasteiger partial charge in [-0.15, -0.1) is 0 Å². The van der Waals surface area contributed by atoms with Crippen molar-refractivity contribution in [1.29, 1.82) is 0 Å². The Morgan fingerprint density at radius 2 is 1.54 bits per heavy atom. The number of hydrogen-bond acceptors (Lipinski definition) is 5. The summed E-state index contributed by atoms with van der Waals surface area (Å²) >= 11 is 6.47. The highest BCUT2D eigenvalue weighted by Crippen LogP contribution is 2.30. The minimum Gasteiger partial charge on any atom is -0.378 e. The first-order valence-electron chi connectivity index (χ1n) is 8.92. The molecule has 7 heteroatoms. The monoisotopic (exact) mass is 375 g/mol. The molecule has 0 radical (unpaired) electrons. The number of pyridine rings is 1. The summed E-state index contributed by atoms with van der Waals surface area (Å²) in [7, 11) is 0. The van der Waals surface area contributed by atoms with E-state index in [0.717, 1.165) is 30.0 Å². The summed E-state index contributed by atoms with van der Waals surface area (Å²) < 4.78 is 12.6. The van der Waals surface area contributed by atoms with Crippen molar-refractivity contribution >= 4 is 17.3 Å². The van der Waals surface area contributed by atoms with Crippen molar-refractivity contribution in [2.24, 2.45) is 0 Å². The molecule has 2 aliphatic heterocycles. The van der Waals surface area contributed by atoms with Crippen LogP contribution in [0.25, 0.3) is 11.3 Å². The molecule has 0 aliphatic carbocycles. The molecule has 0 amide bonds. The fourth-order valence-electron chi connectivity index (χ4n) is 3.46. The lowest BCUT2D eigenvalue weighted by atomic mass is 10.1. The second kappa shape index (κ2) is 7.70. The van der Waals surface area contributed by atoms with Crippen LogP contribution in [0.5, 0.6) is 0 Å². The maximum atomic E-state index is 13.1. The molecular formula is C19H22ClN3O3. The van der Waals surface area contributed by atoms with E-state index in [1.165, 1.54) is 0 Å². The fraction of sp³-hybridized carbons (Fsp3) is 0.421. The average Bonchev–Trinajstić information content (AvgIpc) is 2.69. The Bertz CT molecular complexity index is 827. The van der Waals surface area contributed by atoms with E-state index in [9.17, 15) is 4.79 Å². The van der Waals surface area contributed by atoms with Crippen LogP contribution in [-0.2, 0) is 9.47 Å². The van der Waals surface area contributed by atoms with Crippen LogP contribution >= 0.6 is 11.6 Å². The largest absolute Gasteiger partial charge is 0.378 e. The molecule has 0 bridgehead atoms. The van der Waals surface area contributed by atoms with Gasteiger partial charge in [0.15, 0.2) is 0 Å². The van der Waals surface area contributed by atoms with Crippen molar-refractivity contribution in [2.75, 3.05) is 62.5 Å². The molecule has 26 heavy (non-hydrogen) atoms. The van der Waals surface area contributed by atoms with Gasteiger partial charge in [-0.1, -0.05) is 29.8 Å². The highest BCUT2D eigenvalue weighted by atomic mass is 35.5. The number of halogens is 1. The van der Waals surface area contributed by atoms with Crippen molar-refractivity contribution in [2.45, 2.75) is 0 Å². The van der Waals surface area contributed by atoms with Crippen LogP contribution < -0.4 is 15.5 Å². The van der Waals surface area contributed by atoms with Crippen LogP contribution in [0.2, 0.25) is 5.02 Å². The Labute approximate surface area is 157 Å². The topological polar surface area (TPSA) is 46.9 Å². The van der Waals surface area contributed by atoms with E-state index in [0.29, 0.717) is 44.5 Å². The van der Waals surface area contributed by atoms with Crippen molar-refractivity contribution in [3.05, 3.63) is 51.8 Å². The quantitative estimate of drug-likeness (QED) is 0.821. The van der Waals surface area contributed by atoms with E-state index in [1.54, 1.807) is 10.7 Å². The molecule has 1 aromatic heterocycles. The minimum absolute atomic E-state index is 0.0502. The van der Waals surface area contributed by atoms with Crippen molar-refractivity contribution in [3.8, 4) is 11.3 Å². The third kappa shape index (κ3) is 3.45. The van der Waals surface area contributed by atoms with E-state index >= 15 is 0 Å². The van der Waals surface area contributed by atoms with E-state index in [-0.39, 0.29) is 5.56 Å². The maximum Gasteiger partial charge on any atom is 0.271 e. The predicted octanol–water partition coefficient (Wildman–Crippen LogP) is 1.97. The number of ether oxygens (including phenoxy) is 2. The number of hydrogen-bond donors (Lipinski definition) is 0. The van der Waals surface area contributed by atoms with Gasteiger partial charge in [-0.2, -0.15) is 0 Å². The van der Waals surface area contributed by atoms with Gasteiger partial charge in [-0.05, 0) is 12.1 Å². The second-order valence-electron chi connectivity index (χ2n) is 6.39. The van der Waals surface area contributed by atoms with Crippen LogP contribution in [0.15, 0.2) is 41.2 Å². The van der Waals surface area contributed by atoms with Gasteiger partial charge >= 0.3 is 0 Å². The molecule has 0 spiro atoms. The summed E-state index contributed by atoms with van der Waals surface area (Å²) in [6.45, 7) is 5.48. The molecule has 2 saturated heterocycles. The zero-order valence-electron chi connectivity index (χ0n) is 14.6. The van der Waals surface area contributed by atoms with Crippen LogP contribution in [0.3, 0.4) is 0 Å². The second-order valence-corrected chi connectivity index (χ2v) is 6.80. The van der Waals surface area contributed by atoms with Crippen molar-refractivity contribution < 1.29 is 9.47 Å². The van der Waals surface area contributed by atoms with Gasteiger partial charge in [0.2, 0.25) is 0 Å². The molecule has 3 heterocycles. The first kappa shape index (κ1) is 17.4. The zero-order valence-corrected chi connectivity index (χ0v) is 15.3. The zero-order chi connectivity index (χ0) is 17.9. The number of anilines is 1.